The molecule has 0 aliphatic carbocycles. The minimum atomic E-state index is -5.66. The van der Waals surface area contributed by atoms with Crippen LogP contribution in [0.3, 0.4) is 0 Å². The molecule has 0 unspecified atom stereocenters. The maximum absolute atomic E-state index is 14.3. The zero-order valence-corrected chi connectivity index (χ0v) is 31.2. The number of hydrogen-bond donors (Lipinski definition) is 1. The molecule has 8 nitrogen and oxygen atoms in total. The number of carbonyl (C=O) groups is 1. The Morgan fingerprint density at radius 1 is 0.764 bits per heavy atom. The lowest BCUT2D eigenvalue weighted by molar-refractivity contribution is 0.0716. The third kappa shape index (κ3) is 9.41. The first-order valence-electron chi connectivity index (χ1n) is 17.7. The lowest BCUT2D eigenvalue weighted by atomic mass is 10.0. The molecule has 5 aromatic rings. The summed E-state index contributed by atoms with van der Waals surface area (Å²) in [6, 6.07) is 19.1. The van der Waals surface area contributed by atoms with Crippen molar-refractivity contribution < 1.29 is 44.5 Å². The van der Waals surface area contributed by atoms with Crippen LogP contribution in [-0.4, -0.2) is 32.0 Å². The van der Waals surface area contributed by atoms with Crippen LogP contribution >= 0.6 is 0 Å². The molecule has 13 heteroatoms. The van der Waals surface area contributed by atoms with Crippen LogP contribution in [0.15, 0.2) is 80.8 Å². The molecule has 0 atom stereocenters. The molecule has 5 rings (SSSR count). The second-order valence-corrected chi connectivity index (χ2v) is 14.1. The molecule has 288 valence electrons. The van der Waals surface area contributed by atoms with E-state index >= 15 is 0 Å². The summed E-state index contributed by atoms with van der Waals surface area (Å²) < 4.78 is 98.3. The Bertz CT molecular complexity index is 2390. The van der Waals surface area contributed by atoms with E-state index in [0.717, 1.165) is 66.5 Å². The Hall–Kier alpha value is -5.53. The number of benzene rings is 4. The molecule has 0 radical (unpaired) electrons. The Balaban J connectivity index is 1.27. The fourth-order valence-electron chi connectivity index (χ4n) is 5.96. The van der Waals surface area contributed by atoms with Gasteiger partial charge in [-0.2, -0.15) is 17.2 Å². The van der Waals surface area contributed by atoms with Gasteiger partial charge < -0.3 is 14.1 Å². The van der Waals surface area contributed by atoms with Gasteiger partial charge in [-0.05, 0) is 71.9 Å². The number of unbranched alkanes of at least 4 members (excludes halogenated alkanes) is 2. The molecule has 4 aromatic carbocycles. The minimum Gasteiger partial charge on any atom is -0.422 e. The number of anilines is 1. The molecule has 0 amide bonds. The summed E-state index contributed by atoms with van der Waals surface area (Å²) in [5.41, 5.74) is 4.69. The number of hydrogen-bond acceptors (Lipinski definition) is 7. The molecular weight excluding hydrogens is 739 g/mol. The fraction of sp³-hybridized carbons (Fsp3) is 0.238. The first-order chi connectivity index (χ1) is 26.3. The van der Waals surface area contributed by atoms with Crippen LogP contribution in [0, 0.1) is 23.3 Å². The molecule has 1 aromatic heterocycles. The summed E-state index contributed by atoms with van der Waals surface area (Å²) in [5, 5.41) is 0.906. The summed E-state index contributed by atoms with van der Waals surface area (Å²) in [5.74, 6) is -12.7. The van der Waals surface area contributed by atoms with Crippen LogP contribution in [-0.2, 0) is 16.5 Å². The second kappa shape index (κ2) is 17.7. The van der Waals surface area contributed by atoms with Crippen molar-refractivity contribution in [3.8, 4) is 5.75 Å². The Labute approximate surface area is 316 Å². The number of esters is 1. The van der Waals surface area contributed by atoms with E-state index in [1.165, 1.54) is 24.3 Å². The summed E-state index contributed by atoms with van der Waals surface area (Å²) in [7, 11) is -5.66. The van der Waals surface area contributed by atoms with E-state index < -0.39 is 55.6 Å². The Kier molecular flexibility index (Phi) is 13.1. The van der Waals surface area contributed by atoms with Gasteiger partial charge in [0.25, 0.3) is 0 Å². The fourth-order valence-corrected chi connectivity index (χ4v) is 6.59. The summed E-state index contributed by atoms with van der Waals surface area (Å²) in [4.78, 5) is 25.8. The summed E-state index contributed by atoms with van der Waals surface area (Å²) in [6.45, 7) is 8.25. The molecule has 0 spiro atoms. The average molecular weight is 778 g/mol. The lowest BCUT2D eigenvalue weighted by Gasteiger charge is -2.25. The highest BCUT2D eigenvalue weighted by Crippen LogP contribution is 2.33. The van der Waals surface area contributed by atoms with Crippen LogP contribution in [0.4, 0.5) is 23.2 Å². The third-order valence-electron chi connectivity index (χ3n) is 8.95. The van der Waals surface area contributed by atoms with Crippen molar-refractivity contribution in [2.24, 2.45) is 0 Å². The monoisotopic (exact) mass is 777 g/mol. The van der Waals surface area contributed by atoms with E-state index in [9.17, 15) is 35.6 Å². The predicted molar refractivity (Wildman–Crippen MR) is 206 cm³/mol. The van der Waals surface area contributed by atoms with Gasteiger partial charge in [-0.15, -0.1) is 0 Å². The van der Waals surface area contributed by atoms with E-state index in [1.54, 1.807) is 18.2 Å². The van der Waals surface area contributed by atoms with E-state index in [-0.39, 0.29) is 5.56 Å². The molecule has 1 heterocycles. The standard InChI is InChI=1S/C42H39F4NO7S/c1-4-7-23-47(24-8-5-2)30-20-22-32-31(6-3)33(42(49)53-34(32)25-30)21-17-27-12-9-26(10-13-27)11-14-28-15-18-29(19-16-28)41(48)54-39-35(43)37(45)40(55(50,51)52)38(46)36(39)44/h9-22,25H,4-8,23-24H2,1-3H3,(H,50,51,52)/b14-11+,21-17+. The van der Waals surface area contributed by atoms with E-state index in [2.05, 4.69) is 29.6 Å². The van der Waals surface area contributed by atoms with Crippen molar-refractivity contribution in [1.29, 1.82) is 0 Å². The highest BCUT2D eigenvalue weighted by molar-refractivity contribution is 7.85. The number of fused-ring (bicyclic) bond motifs is 1. The van der Waals surface area contributed by atoms with Gasteiger partial charge in [0.05, 0.1) is 11.1 Å². The average Bonchev–Trinajstić information content (AvgIpc) is 3.16. The molecule has 0 bridgehead atoms. The van der Waals surface area contributed by atoms with Crippen LogP contribution in [0.1, 0.15) is 84.6 Å². The van der Waals surface area contributed by atoms with Gasteiger partial charge in [-0.3, -0.25) is 4.55 Å². The number of rotatable bonds is 15. The predicted octanol–water partition coefficient (Wildman–Crippen LogP) is 10.1. The van der Waals surface area contributed by atoms with Crippen LogP contribution < -0.4 is 15.3 Å². The molecule has 0 saturated carbocycles. The topological polar surface area (TPSA) is 114 Å². The number of aryl methyl sites for hydroxylation is 1. The third-order valence-corrected chi connectivity index (χ3v) is 9.82. The second-order valence-electron chi connectivity index (χ2n) is 12.7. The highest BCUT2D eigenvalue weighted by Gasteiger charge is 2.34. The number of nitrogens with zero attached hydrogens (tertiary/aromatic N) is 1. The van der Waals surface area contributed by atoms with Gasteiger partial charge in [0.1, 0.15) is 5.58 Å². The van der Waals surface area contributed by atoms with Crippen molar-refractivity contribution in [2.75, 3.05) is 18.0 Å². The van der Waals surface area contributed by atoms with Crippen molar-refractivity contribution in [2.45, 2.75) is 57.8 Å². The quantitative estimate of drug-likeness (QED) is 0.0213. The normalized spacial score (nSPS) is 11.9. The smallest absolute Gasteiger partial charge is 0.343 e. The number of halogens is 4. The number of ether oxygens (including phenoxy) is 1. The van der Waals surface area contributed by atoms with Gasteiger partial charge in [0.15, 0.2) is 16.5 Å². The molecule has 0 saturated heterocycles. The largest absolute Gasteiger partial charge is 0.422 e. The van der Waals surface area contributed by atoms with Crippen molar-refractivity contribution in [3.63, 3.8) is 0 Å². The van der Waals surface area contributed by atoms with Gasteiger partial charge in [0, 0.05) is 30.2 Å². The van der Waals surface area contributed by atoms with Crippen molar-refractivity contribution in [3.05, 3.63) is 134 Å². The van der Waals surface area contributed by atoms with Gasteiger partial charge >= 0.3 is 21.7 Å². The Morgan fingerprint density at radius 3 is 1.76 bits per heavy atom. The van der Waals surface area contributed by atoms with E-state index in [4.69, 9.17) is 8.97 Å². The maximum Gasteiger partial charge on any atom is 0.343 e. The number of carbonyl (C=O) groups excluding carboxylic acids is 1. The first kappa shape index (κ1) is 40.7. The molecule has 1 N–H and O–H groups in total. The highest BCUT2D eigenvalue weighted by atomic mass is 32.2. The molecular formula is C42H39F4NO7S. The van der Waals surface area contributed by atoms with Crippen LogP contribution in [0.25, 0.3) is 35.3 Å². The zero-order valence-electron chi connectivity index (χ0n) is 30.4. The zero-order chi connectivity index (χ0) is 39.9. The maximum atomic E-state index is 14.3. The Morgan fingerprint density at radius 2 is 1.27 bits per heavy atom. The van der Waals surface area contributed by atoms with E-state index in [1.807, 2.05) is 49.4 Å². The SMILES string of the molecule is CCCCN(CCCC)c1ccc2c(CC)c(/C=C/c3ccc(/C=C/c4ccc(C(=O)Oc5c(F)c(F)c(S(=O)(=O)O)c(F)c5F)cc4)cc3)c(=O)oc2c1. The summed E-state index contributed by atoms with van der Waals surface area (Å²) in [6.07, 6.45) is 12.1. The van der Waals surface area contributed by atoms with Gasteiger partial charge in [-0.1, -0.05) is 88.2 Å². The van der Waals surface area contributed by atoms with Crippen LogP contribution in [0.5, 0.6) is 5.75 Å². The van der Waals surface area contributed by atoms with Crippen molar-refractivity contribution in [1.82, 2.24) is 0 Å². The molecule has 0 aliphatic rings. The van der Waals surface area contributed by atoms with Gasteiger partial charge in [-0.25, -0.2) is 18.4 Å². The molecule has 0 aliphatic heterocycles. The van der Waals surface area contributed by atoms with E-state index in [0.29, 0.717) is 23.1 Å². The lowest BCUT2D eigenvalue weighted by Crippen LogP contribution is -2.25. The summed E-state index contributed by atoms with van der Waals surface area (Å²) >= 11 is 0. The molecule has 55 heavy (non-hydrogen) atoms. The minimum absolute atomic E-state index is 0.236. The molecule has 0 fully saturated rings. The first-order valence-corrected chi connectivity index (χ1v) is 19.2. The van der Waals surface area contributed by atoms with Crippen LogP contribution in [0.2, 0.25) is 0 Å². The van der Waals surface area contributed by atoms with Crippen molar-refractivity contribution >= 4 is 57.0 Å². The van der Waals surface area contributed by atoms with Gasteiger partial charge in [0.2, 0.25) is 17.4 Å².